The number of rotatable bonds is 2. The molecule has 0 radical (unpaired) electrons. The predicted molar refractivity (Wildman–Crippen MR) is 64.0 cm³/mol. The van der Waals surface area contributed by atoms with E-state index in [2.05, 4.69) is 55.6 Å². The zero-order chi connectivity index (χ0) is 10.8. The van der Waals surface area contributed by atoms with E-state index in [1.807, 2.05) is 6.92 Å². The second kappa shape index (κ2) is 8.31. The average Bonchev–Trinajstić information content (AvgIpc) is 2.29. The smallest absolute Gasteiger partial charge is 0.0873 e. The van der Waals surface area contributed by atoms with E-state index in [1.165, 1.54) is 12.0 Å². The van der Waals surface area contributed by atoms with E-state index in [1.54, 1.807) is 0 Å². The van der Waals surface area contributed by atoms with Gasteiger partial charge in [-0.05, 0) is 17.9 Å². The lowest BCUT2D eigenvalue weighted by atomic mass is 9.99. The molecular formula is C13H20N+. The van der Waals surface area contributed by atoms with Gasteiger partial charge in [0.1, 0.15) is 0 Å². The van der Waals surface area contributed by atoms with Crippen molar-refractivity contribution in [1.82, 2.24) is 0 Å². The van der Waals surface area contributed by atoms with Crippen LogP contribution in [0.3, 0.4) is 0 Å². The summed E-state index contributed by atoms with van der Waals surface area (Å²) in [5, 5.41) is 0. The molecule has 1 aromatic carbocycles. The van der Waals surface area contributed by atoms with Gasteiger partial charge >= 0.3 is 0 Å². The molecule has 0 bridgehead atoms. The van der Waals surface area contributed by atoms with E-state index in [9.17, 15) is 0 Å². The van der Waals surface area contributed by atoms with Crippen molar-refractivity contribution in [3.63, 3.8) is 0 Å². The molecule has 0 saturated carbocycles. The van der Waals surface area contributed by atoms with Crippen LogP contribution in [-0.2, 0) is 0 Å². The zero-order valence-corrected chi connectivity index (χ0v) is 9.40. The lowest BCUT2D eigenvalue weighted by Crippen LogP contribution is -1.88. The molecule has 0 saturated heterocycles. The molecule has 0 heterocycles. The van der Waals surface area contributed by atoms with Crippen LogP contribution >= 0.6 is 0 Å². The van der Waals surface area contributed by atoms with Crippen LogP contribution in [0.15, 0.2) is 30.3 Å². The number of hydrogen-bond donors (Lipinski definition) is 0. The summed E-state index contributed by atoms with van der Waals surface area (Å²) in [5.41, 5.74) is 1.45. The summed E-state index contributed by atoms with van der Waals surface area (Å²) < 4.78 is 0. The molecule has 0 spiro atoms. The van der Waals surface area contributed by atoms with Gasteiger partial charge in [-0.2, -0.15) is 0 Å². The zero-order valence-electron chi connectivity index (χ0n) is 9.40. The summed E-state index contributed by atoms with van der Waals surface area (Å²) in [4.78, 5) is 3.24. The minimum Gasteiger partial charge on any atom is -0.0873 e. The minimum absolute atomic E-state index is 0.709. The van der Waals surface area contributed by atoms with Gasteiger partial charge in [0.25, 0.3) is 13.1 Å². The van der Waals surface area contributed by atoms with Crippen molar-refractivity contribution in [1.29, 1.82) is 0 Å². The highest BCUT2D eigenvalue weighted by molar-refractivity contribution is 5.18. The Hall–Kier alpha value is -1.29. The quantitative estimate of drug-likeness (QED) is 0.659. The van der Waals surface area contributed by atoms with Crippen molar-refractivity contribution < 1.29 is 0 Å². The van der Waals surface area contributed by atoms with Crippen LogP contribution in [0.4, 0.5) is 0 Å². The van der Waals surface area contributed by atoms with E-state index in [4.69, 9.17) is 0 Å². The monoisotopic (exact) mass is 190 g/mol. The largest absolute Gasteiger partial charge is 0.260 e. The van der Waals surface area contributed by atoms with Crippen LogP contribution in [0.5, 0.6) is 0 Å². The highest BCUT2D eigenvalue weighted by Crippen LogP contribution is 2.16. The van der Waals surface area contributed by atoms with Gasteiger partial charge in [-0.1, -0.05) is 49.0 Å². The Labute approximate surface area is 87.6 Å². The molecule has 1 unspecified atom stereocenters. The fraction of sp³-hybridized carbons (Fsp3) is 0.462. The summed E-state index contributed by atoms with van der Waals surface area (Å²) in [6.07, 6.45) is 1.23. The summed E-state index contributed by atoms with van der Waals surface area (Å²) in [6.45, 7) is 11.7. The fourth-order valence-electron chi connectivity index (χ4n) is 1.02. The fourth-order valence-corrected chi connectivity index (χ4v) is 1.02. The third-order valence-corrected chi connectivity index (χ3v) is 2.16. The van der Waals surface area contributed by atoms with Crippen LogP contribution in [0.25, 0.3) is 4.85 Å². The predicted octanol–water partition coefficient (Wildman–Crippen LogP) is 4.17. The Morgan fingerprint density at radius 3 is 2.07 bits per heavy atom. The second-order valence-electron chi connectivity index (χ2n) is 3.22. The van der Waals surface area contributed by atoms with Crippen molar-refractivity contribution in [3.8, 4) is 6.57 Å². The van der Waals surface area contributed by atoms with Crippen LogP contribution in [0, 0.1) is 6.57 Å². The van der Waals surface area contributed by atoms with Gasteiger partial charge in [0.15, 0.2) is 0 Å². The first-order valence-electron chi connectivity index (χ1n) is 5.17. The molecule has 0 aliphatic carbocycles. The van der Waals surface area contributed by atoms with Crippen molar-refractivity contribution in [2.75, 3.05) is 6.54 Å². The maximum absolute atomic E-state index is 4.65. The van der Waals surface area contributed by atoms with Crippen molar-refractivity contribution in [3.05, 3.63) is 40.7 Å². The van der Waals surface area contributed by atoms with Crippen molar-refractivity contribution in [2.24, 2.45) is 0 Å². The van der Waals surface area contributed by atoms with E-state index in [0.717, 1.165) is 6.54 Å². The molecule has 1 aromatic rings. The van der Waals surface area contributed by atoms with Gasteiger partial charge in [-0.3, -0.25) is 0 Å². The summed E-state index contributed by atoms with van der Waals surface area (Å²) >= 11 is 0. The number of benzene rings is 1. The van der Waals surface area contributed by atoms with Gasteiger partial charge in [0.05, 0.1) is 0 Å². The van der Waals surface area contributed by atoms with Crippen molar-refractivity contribution >= 4 is 0 Å². The number of hydrogen-bond acceptors (Lipinski definition) is 0. The average molecular weight is 190 g/mol. The Balaban J connectivity index is 0.000000364. The Morgan fingerprint density at radius 1 is 1.21 bits per heavy atom. The molecule has 1 rings (SSSR count). The number of nitrogens with zero attached hydrogens (tertiary/aromatic N) is 1. The molecular weight excluding hydrogens is 170 g/mol. The van der Waals surface area contributed by atoms with Gasteiger partial charge in [0, 0.05) is 6.92 Å². The maximum Gasteiger partial charge on any atom is 0.260 e. The lowest BCUT2D eigenvalue weighted by Gasteiger charge is -2.06. The molecule has 14 heavy (non-hydrogen) atoms. The molecule has 0 aromatic heterocycles. The van der Waals surface area contributed by atoms with E-state index < -0.39 is 0 Å². The standard InChI is InChI=1S/C10H14.C3H6N/c1-3-9(2)10-7-5-4-6-8-10;1-3-4-2/h4-9H,3H2,1-2H3;2H,3H2,1H3/q;+1. The van der Waals surface area contributed by atoms with E-state index in [0.29, 0.717) is 5.92 Å². The first-order chi connectivity index (χ1) is 6.76. The van der Waals surface area contributed by atoms with Crippen LogP contribution in [0.2, 0.25) is 0 Å². The SMILES string of the molecule is C#[N+]CC.CCC(C)c1ccccc1. The maximum atomic E-state index is 4.65. The van der Waals surface area contributed by atoms with Gasteiger partial charge in [-0.25, -0.2) is 0 Å². The lowest BCUT2D eigenvalue weighted by molar-refractivity contribution is 0.733. The third kappa shape index (κ3) is 5.37. The summed E-state index contributed by atoms with van der Waals surface area (Å²) in [6, 6.07) is 10.6. The Morgan fingerprint density at radius 2 is 1.71 bits per heavy atom. The summed E-state index contributed by atoms with van der Waals surface area (Å²) in [7, 11) is 0. The molecule has 1 nitrogen and oxygen atoms in total. The highest BCUT2D eigenvalue weighted by Gasteiger charge is 1.98. The topological polar surface area (TPSA) is 4.36 Å². The normalized spacial score (nSPS) is 10.7. The molecule has 0 amide bonds. The summed E-state index contributed by atoms with van der Waals surface area (Å²) in [5.74, 6) is 0.709. The highest BCUT2D eigenvalue weighted by atomic mass is 14.6. The molecule has 0 aliphatic heterocycles. The first-order valence-corrected chi connectivity index (χ1v) is 5.17. The van der Waals surface area contributed by atoms with Gasteiger partial charge < -0.3 is 0 Å². The van der Waals surface area contributed by atoms with E-state index >= 15 is 0 Å². The van der Waals surface area contributed by atoms with E-state index in [-0.39, 0.29) is 0 Å². The van der Waals surface area contributed by atoms with Crippen LogP contribution in [0.1, 0.15) is 38.7 Å². The third-order valence-electron chi connectivity index (χ3n) is 2.16. The Kier molecular flexibility index (Phi) is 7.55. The van der Waals surface area contributed by atoms with Gasteiger partial charge in [-0.15, -0.1) is 0 Å². The second-order valence-corrected chi connectivity index (χ2v) is 3.22. The Bertz CT molecular complexity index is 258. The van der Waals surface area contributed by atoms with Crippen LogP contribution < -0.4 is 0 Å². The van der Waals surface area contributed by atoms with Crippen molar-refractivity contribution in [2.45, 2.75) is 33.1 Å². The molecule has 0 fully saturated rings. The van der Waals surface area contributed by atoms with Gasteiger partial charge in [0.2, 0.25) is 0 Å². The molecule has 76 valence electrons. The molecule has 0 N–H and O–H groups in total. The molecule has 1 heteroatoms. The van der Waals surface area contributed by atoms with Crippen LogP contribution in [-0.4, -0.2) is 6.54 Å². The first kappa shape index (κ1) is 12.7. The minimum atomic E-state index is 0.709. The molecule has 0 aliphatic rings. The molecule has 1 atom stereocenters.